The number of methoxy groups -OCH3 is 1. The van der Waals surface area contributed by atoms with Crippen LogP contribution in [0.3, 0.4) is 0 Å². The normalized spacial score (nSPS) is 12.2. The Labute approximate surface area is 151 Å². The highest BCUT2D eigenvalue weighted by Gasteiger charge is 2.13. The molecule has 0 atom stereocenters. The van der Waals surface area contributed by atoms with Gasteiger partial charge in [0.25, 0.3) is 0 Å². The van der Waals surface area contributed by atoms with E-state index in [0.29, 0.717) is 29.6 Å². The van der Waals surface area contributed by atoms with Crippen molar-refractivity contribution in [1.82, 2.24) is 0 Å². The van der Waals surface area contributed by atoms with Gasteiger partial charge in [-0.3, -0.25) is 0 Å². The Morgan fingerprint density at radius 2 is 1.96 bits per heavy atom. The van der Waals surface area contributed by atoms with Gasteiger partial charge in [0.15, 0.2) is 23.0 Å². The van der Waals surface area contributed by atoms with E-state index in [2.05, 4.69) is 0 Å². The van der Waals surface area contributed by atoms with E-state index in [0.717, 1.165) is 11.1 Å². The largest absolute Gasteiger partial charge is 0.493 e. The first-order chi connectivity index (χ1) is 12.7. The van der Waals surface area contributed by atoms with Crippen LogP contribution < -0.4 is 18.9 Å². The van der Waals surface area contributed by atoms with Crippen LogP contribution in [0.25, 0.3) is 6.08 Å². The zero-order chi connectivity index (χ0) is 18.4. The molecule has 0 spiro atoms. The molecule has 6 heteroatoms. The van der Waals surface area contributed by atoms with Gasteiger partial charge >= 0.3 is 5.97 Å². The Balaban J connectivity index is 1.57. The summed E-state index contributed by atoms with van der Waals surface area (Å²) in [4.78, 5) is 11.9. The molecule has 1 aliphatic heterocycles. The van der Waals surface area contributed by atoms with Crippen LogP contribution in [-0.2, 0) is 16.1 Å². The van der Waals surface area contributed by atoms with Crippen LogP contribution in [0, 0.1) is 0 Å². The van der Waals surface area contributed by atoms with Crippen LogP contribution in [0.2, 0.25) is 0 Å². The molecule has 0 aromatic heterocycles. The lowest BCUT2D eigenvalue weighted by Crippen LogP contribution is -2.00. The summed E-state index contributed by atoms with van der Waals surface area (Å²) in [6.07, 6.45) is 3.04. The van der Waals surface area contributed by atoms with Crippen molar-refractivity contribution in [2.24, 2.45) is 0 Å². The number of hydrogen-bond donors (Lipinski definition) is 0. The molecule has 1 aliphatic rings. The summed E-state index contributed by atoms with van der Waals surface area (Å²) in [5.74, 6) is 2.20. The van der Waals surface area contributed by atoms with Gasteiger partial charge in [0.2, 0.25) is 6.79 Å². The molecular weight excluding hydrogens is 336 g/mol. The average molecular weight is 356 g/mol. The van der Waals surface area contributed by atoms with E-state index in [1.807, 2.05) is 19.1 Å². The zero-order valence-electron chi connectivity index (χ0n) is 14.7. The van der Waals surface area contributed by atoms with Crippen molar-refractivity contribution in [3.05, 3.63) is 53.6 Å². The molecule has 0 bridgehead atoms. The summed E-state index contributed by atoms with van der Waals surface area (Å²) in [7, 11) is 1.57. The third kappa shape index (κ3) is 4.27. The fourth-order valence-electron chi connectivity index (χ4n) is 2.46. The molecule has 136 valence electrons. The van der Waals surface area contributed by atoms with Crippen molar-refractivity contribution < 1.29 is 28.5 Å². The van der Waals surface area contributed by atoms with Gasteiger partial charge in [0.05, 0.1) is 13.7 Å². The second kappa shape index (κ2) is 8.29. The van der Waals surface area contributed by atoms with Gasteiger partial charge in [-0.25, -0.2) is 4.79 Å². The topological polar surface area (TPSA) is 63.2 Å². The molecule has 1 heterocycles. The Morgan fingerprint density at radius 3 is 2.77 bits per heavy atom. The van der Waals surface area contributed by atoms with Crippen molar-refractivity contribution in [3.63, 3.8) is 0 Å². The number of rotatable bonds is 7. The maximum atomic E-state index is 11.9. The summed E-state index contributed by atoms with van der Waals surface area (Å²) in [5.41, 5.74) is 1.64. The number of ether oxygens (including phenoxy) is 5. The van der Waals surface area contributed by atoms with Crippen LogP contribution in [0.4, 0.5) is 0 Å². The minimum Gasteiger partial charge on any atom is -0.493 e. The summed E-state index contributed by atoms with van der Waals surface area (Å²) < 4.78 is 26.6. The van der Waals surface area contributed by atoms with E-state index < -0.39 is 5.97 Å². The van der Waals surface area contributed by atoms with Crippen molar-refractivity contribution in [3.8, 4) is 23.0 Å². The SMILES string of the molecule is CCOc1ccc(/C=C/C(=O)OCc2ccc3c(c2)OCO3)cc1OC. The third-order valence-electron chi connectivity index (χ3n) is 3.72. The fourth-order valence-corrected chi connectivity index (χ4v) is 2.46. The summed E-state index contributed by atoms with van der Waals surface area (Å²) in [5, 5.41) is 0. The van der Waals surface area contributed by atoms with Crippen LogP contribution >= 0.6 is 0 Å². The molecule has 2 aromatic carbocycles. The van der Waals surface area contributed by atoms with Gasteiger partial charge in [-0.15, -0.1) is 0 Å². The second-order valence-electron chi connectivity index (χ2n) is 5.47. The van der Waals surface area contributed by atoms with E-state index >= 15 is 0 Å². The van der Waals surface area contributed by atoms with Gasteiger partial charge in [-0.2, -0.15) is 0 Å². The van der Waals surface area contributed by atoms with E-state index in [1.54, 1.807) is 37.5 Å². The fraction of sp³-hybridized carbons (Fsp3) is 0.250. The molecule has 0 unspecified atom stereocenters. The van der Waals surface area contributed by atoms with Gasteiger partial charge < -0.3 is 23.7 Å². The van der Waals surface area contributed by atoms with Crippen LogP contribution in [-0.4, -0.2) is 26.5 Å². The number of benzene rings is 2. The van der Waals surface area contributed by atoms with Gasteiger partial charge in [0.1, 0.15) is 6.61 Å². The van der Waals surface area contributed by atoms with E-state index in [4.69, 9.17) is 23.7 Å². The molecule has 0 amide bonds. The standard InChI is InChI=1S/C20H20O6/c1-3-23-16-7-4-14(10-18(16)22-2)6-9-20(21)24-12-15-5-8-17-19(11-15)26-13-25-17/h4-11H,3,12-13H2,1-2H3/b9-6+. The number of hydrogen-bond acceptors (Lipinski definition) is 6. The Hall–Kier alpha value is -3.15. The molecule has 2 aromatic rings. The van der Waals surface area contributed by atoms with Gasteiger partial charge in [-0.1, -0.05) is 12.1 Å². The highest BCUT2D eigenvalue weighted by Crippen LogP contribution is 2.32. The van der Waals surface area contributed by atoms with E-state index in [-0.39, 0.29) is 13.4 Å². The summed E-state index contributed by atoms with van der Waals surface area (Å²) >= 11 is 0. The average Bonchev–Trinajstić information content (AvgIpc) is 3.13. The molecule has 26 heavy (non-hydrogen) atoms. The monoisotopic (exact) mass is 356 g/mol. The van der Waals surface area contributed by atoms with Crippen molar-refractivity contribution >= 4 is 12.0 Å². The summed E-state index contributed by atoms with van der Waals surface area (Å²) in [6.45, 7) is 2.83. The molecule has 0 saturated carbocycles. The van der Waals surface area contributed by atoms with Crippen LogP contribution in [0.1, 0.15) is 18.1 Å². The van der Waals surface area contributed by atoms with Gasteiger partial charge in [0, 0.05) is 6.08 Å². The lowest BCUT2D eigenvalue weighted by Gasteiger charge is -2.09. The number of carbonyl (C=O) groups excluding carboxylic acids is 1. The molecule has 6 nitrogen and oxygen atoms in total. The maximum Gasteiger partial charge on any atom is 0.331 e. The number of fused-ring (bicyclic) bond motifs is 1. The van der Waals surface area contributed by atoms with Gasteiger partial charge in [-0.05, 0) is 48.4 Å². The van der Waals surface area contributed by atoms with Crippen molar-refractivity contribution in [2.75, 3.05) is 20.5 Å². The maximum absolute atomic E-state index is 11.9. The number of carbonyl (C=O) groups is 1. The van der Waals surface area contributed by atoms with E-state index in [1.165, 1.54) is 6.08 Å². The van der Waals surface area contributed by atoms with Crippen molar-refractivity contribution in [1.29, 1.82) is 0 Å². The highest BCUT2D eigenvalue weighted by atomic mass is 16.7. The molecule has 0 fully saturated rings. The molecule has 0 saturated heterocycles. The predicted octanol–water partition coefficient (Wildman–Crippen LogP) is 3.58. The smallest absolute Gasteiger partial charge is 0.331 e. The zero-order valence-corrected chi connectivity index (χ0v) is 14.7. The molecule has 0 aliphatic carbocycles. The molecule has 3 rings (SSSR count). The number of esters is 1. The molecule has 0 N–H and O–H groups in total. The highest BCUT2D eigenvalue weighted by molar-refractivity contribution is 5.87. The van der Waals surface area contributed by atoms with Crippen molar-refractivity contribution in [2.45, 2.75) is 13.5 Å². The minimum absolute atomic E-state index is 0.159. The minimum atomic E-state index is -0.435. The second-order valence-corrected chi connectivity index (χ2v) is 5.47. The van der Waals surface area contributed by atoms with E-state index in [9.17, 15) is 4.79 Å². The first kappa shape index (κ1) is 17.7. The Morgan fingerprint density at radius 1 is 1.12 bits per heavy atom. The Bertz CT molecular complexity index is 812. The quantitative estimate of drug-likeness (QED) is 0.558. The molecular formula is C20H20O6. The van der Waals surface area contributed by atoms with Crippen LogP contribution in [0.5, 0.6) is 23.0 Å². The lowest BCUT2D eigenvalue weighted by atomic mass is 10.2. The summed E-state index contributed by atoms with van der Waals surface area (Å²) in [6, 6.07) is 10.9. The lowest BCUT2D eigenvalue weighted by molar-refractivity contribution is -0.138. The Kier molecular flexibility index (Phi) is 5.63. The first-order valence-electron chi connectivity index (χ1n) is 8.24. The molecule has 0 radical (unpaired) electrons. The van der Waals surface area contributed by atoms with Crippen LogP contribution in [0.15, 0.2) is 42.5 Å². The first-order valence-corrected chi connectivity index (χ1v) is 8.24. The predicted molar refractivity (Wildman–Crippen MR) is 95.6 cm³/mol. The third-order valence-corrected chi connectivity index (χ3v) is 3.72.